The summed E-state index contributed by atoms with van der Waals surface area (Å²) in [6, 6.07) is 0. The molecule has 1 fully saturated rings. The molecule has 86 valence electrons. The Morgan fingerprint density at radius 3 is 2.40 bits per heavy atom. The first-order valence-electron chi connectivity index (χ1n) is 5.66. The van der Waals surface area contributed by atoms with Gasteiger partial charge in [0.1, 0.15) is 6.79 Å². The zero-order chi connectivity index (χ0) is 10.7. The SMILES string of the molecule is COCCOCOC1(C)C2C=CC1CC2. The van der Waals surface area contributed by atoms with Crippen molar-refractivity contribution in [3.63, 3.8) is 0 Å². The van der Waals surface area contributed by atoms with Gasteiger partial charge in [0, 0.05) is 18.9 Å². The second kappa shape index (κ2) is 4.64. The van der Waals surface area contributed by atoms with Gasteiger partial charge in [-0.3, -0.25) is 0 Å². The van der Waals surface area contributed by atoms with Crippen molar-refractivity contribution in [1.29, 1.82) is 0 Å². The van der Waals surface area contributed by atoms with E-state index >= 15 is 0 Å². The van der Waals surface area contributed by atoms with Crippen LogP contribution < -0.4 is 0 Å². The summed E-state index contributed by atoms with van der Waals surface area (Å²) in [5, 5.41) is 0. The molecule has 0 aromatic carbocycles. The Morgan fingerprint density at radius 2 is 1.87 bits per heavy atom. The van der Waals surface area contributed by atoms with E-state index in [2.05, 4.69) is 19.1 Å². The lowest BCUT2D eigenvalue weighted by Crippen LogP contribution is -2.35. The standard InChI is InChI=1S/C12H20O3/c1-12(15-9-14-8-7-13-2)10-3-4-11(12)6-5-10/h3-4,10-11H,5-9H2,1-2H3. The molecule has 3 nitrogen and oxygen atoms in total. The molecule has 2 aliphatic carbocycles. The van der Waals surface area contributed by atoms with E-state index in [4.69, 9.17) is 14.2 Å². The molecule has 0 saturated heterocycles. The van der Waals surface area contributed by atoms with E-state index < -0.39 is 0 Å². The van der Waals surface area contributed by atoms with Crippen LogP contribution in [0.5, 0.6) is 0 Å². The highest BCUT2D eigenvalue weighted by atomic mass is 16.7. The van der Waals surface area contributed by atoms with Gasteiger partial charge in [-0.05, 0) is 19.8 Å². The highest BCUT2D eigenvalue weighted by molar-refractivity contribution is 5.19. The summed E-state index contributed by atoms with van der Waals surface area (Å²) in [5.41, 5.74) is -0.00687. The van der Waals surface area contributed by atoms with E-state index in [1.807, 2.05) is 0 Å². The van der Waals surface area contributed by atoms with Crippen molar-refractivity contribution in [1.82, 2.24) is 0 Å². The Bertz CT molecular complexity index is 223. The Morgan fingerprint density at radius 1 is 1.20 bits per heavy atom. The van der Waals surface area contributed by atoms with Crippen molar-refractivity contribution < 1.29 is 14.2 Å². The van der Waals surface area contributed by atoms with Crippen molar-refractivity contribution in [3.05, 3.63) is 12.2 Å². The molecule has 2 aliphatic rings. The zero-order valence-corrected chi connectivity index (χ0v) is 9.57. The Hall–Kier alpha value is -0.380. The molecular weight excluding hydrogens is 192 g/mol. The summed E-state index contributed by atoms with van der Waals surface area (Å²) in [4.78, 5) is 0. The number of rotatable bonds is 6. The number of ether oxygens (including phenoxy) is 3. The molecule has 0 spiro atoms. The fraction of sp³-hybridized carbons (Fsp3) is 0.833. The first-order valence-corrected chi connectivity index (χ1v) is 5.66. The smallest absolute Gasteiger partial charge is 0.147 e. The molecule has 0 radical (unpaired) electrons. The third-order valence-electron chi connectivity index (χ3n) is 3.72. The second-order valence-corrected chi connectivity index (χ2v) is 4.52. The Kier molecular flexibility index (Phi) is 3.44. The Balaban J connectivity index is 1.71. The van der Waals surface area contributed by atoms with Crippen LogP contribution in [0, 0.1) is 11.8 Å². The normalized spacial score (nSPS) is 37.7. The van der Waals surface area contributed by atoms with E-state index in [1.165, 1.54) is 12.8 Å². The van der Waals surface area contributed by atoms with Crippen LogP contribution in [0.3, 0.4) is 0 Å². The fourth-order valence-electron chi connectivity index (χ4n) is 2.63. The van der Waals surface area contributed by atoms with Crippen molar-refractivity contribution >= 4 is 0 Å². The largest absolute Gasteiger partial charge is 0.382 e. The van der Waals surface area contributed by atoms with E-state index in [0.717, 1.165) is 0 Å². The Labute approximate surface area is 91.4 Å². The number of methoxy groups -OCH3 is 1. The lowest BCUT2D eigenvalue weighted by molar-refractivity contribution is -0.154. The molecule has 2 unspecified atom stereocenters. The van der Waals surface area contributed by atoms with Crippen LogP contribution in [-0.2, 0) is 14.2 Å². The fourth-order valence-corrected chi connectivity index (χ4v) is 2.63. The van der Waals surface area contributed by atoms with Crippen LogP contribution in [0.4, 0.5) is 0 Å². The van der Waals surface area contributed by atoms with Crippen molar-refractivity contribution in [2.45, 2.75) is 25.4 Å². The molecule has 0 aromatic heterocycles. The van der Waals surface area contributed by atoms with Crippen LogP contribution >= 0.6 is 0 Å². The van der Waals surface area contributed by atoms with E-state index in [1.54, 1.807) is 7.11 Å². The summed E-state index contributed by atoms with van der Waals surface area (Å²) < 4.78 is 16.1. The quantitative estimate of drug-likeness (QED) is 0.383. The van der Waals surface area contributed by atoms with Crippen molar-refractivity contribution in [2.24, 2.45) is 11.8 Å². The van der Waals surface area contributed by atoms with Gasteiger partial charge < -0.3 is 14.2 Å². The minimum atomic E-state index is -0.00687. The molecule has 1 saturated carbocycles. The minimum absolute atomic E-state index is 0.00687. The van der Waals surface area contributed by atoms with E-state index in [9.17, 15) is 0 Å². The van der Waals surface area contributed by atoms with Crippen molar-refractivity contribution in [3.8, 4) is 0 Å². The van der Waals surface area contributed by atoms with Crippen LogP contribution in [0.1, 0.15) is 19.8 Å². The highest BCUT2D eigenvalue weighted by Gasteiger charge is 2.49. The van der Waals surface area contributed by atoms with Gasteiger partial charge in [0.15, 0.2) is 0 Å². The molecule has 2 bridgehead atoms. The molecule has 15 heavy (non-hydrogen) atoms. The monoisotopic (exact) mass is 212 g/mol. The maximum absolute atomic E-state index is 5.88. The first kappa shape index (κ1) is 11.1. The molecular formula is C12H20O3. The molecule has 0 aliphatic heterocycles. The topological polar surface area (TPSA) is 27.7 Å². The molecule has 0 amide bonds. The van der Waals surface area contributed by atoms with Crippen LogP contribution in [0.25, 0.3) is 0 Å². The van der Waals surface area contributed by atoms with Crippen LogP contribution in [0.15, 0.2) is 12.2 Å². The molecule has 0 aromatic rings. The van der Waals surface area contributed by atoms with E-state index in [0.29, 0.717) is 31.8 Å². The average molecular weight is 212 g/mol. The number of hydrogen-bond donors (Lipinski definition) is 0. The molecule has 2 atom stereocenters. The lowest BCUT2D eigenvalue weighted by atomic mass is 9.93. The third-order valence-corrected chi connectivity index (χ3v) is 3.72. The predicted octanol–water partition coefficient (Wildman–Crippen LogP) is 1.98. The zero-order valence-electron chi connectivity index (χ0n) is 9.57. The summed E-state index contributed by atoms with van der Waals surface area (Å²) in [5.74, 6) is 1.18. The van der Waals surface area contributed by atoms with E-state index in [-0.39, 0.29) is 5.60 Å². The number of fused-ring (bicyclic) bond motifs is 2. The lowest BCUT2D eigenvalue weighted by Gasteiger charge is -2.30. The highest BCUT2D eigenvalue weighted by Crippen LogP contribution is 2.49. The third kappa shape index (κ3) is 2.10. The van der Waals surface area contributed by atoms with Gasteiger partial charge in [0.25, 0.3) is 0 Å². The molecule has 0 N–H and O–H groups in total. The van der Waals surface area contributed by atoms with Gasteiger partial charge in [-0.2, -0.15) is 0 Å². The van der Waals surface area contributed by atoms with Gasteiger partial charge in [0.05, 0.1) is 18.8 Å². The molecule has 2 rings (SSSR count). The summed E-state index contributed by atoms with van der Waals surface area (Å²) in [6.45, 7) is 3.82. The number of hydrogen-bond acceptors (Lipinski definition) is 3. The minimum Gasteiger partial charge on any atom is -0.382 e. The predicted molar refractivity (Wildman–Crippen MR) is 57.5 cm³/mol. The second-order valence-electron chi connectivity index (χ2n) is 4.52. The summed E-state index contributed by atoms with van der Waals surface area (Å²) in [7, 11) is 1.67. The van der Waals surface area contributed by atoms with Gasteiger partial charge >= 0.3 is 0 Å². The summed E-state index contributed by atoms with van der Waals surface area (Å²) >= 11 is 0. The molecule has 3 heteroatoms. The maximum atomic E-state index is 5.88. The summed E-state index contributed by atoms with van der Waals surface area (Å²) in [6.07, 6.45) is 7.11. The first-order chi connectivity index (χ1) is 7.27. The average Bonchev–Trinajstić information content (AvgIpc) is 2.72. The van der Waals surface area contributed by atoms with Gasteiger partial charge in [-0.1, -0.05) is 12.2 Å². The van der Waals surface area contributed by atoms with Crippen molar-refractivity contribution in [2.75, 3.05) is 27.1 Å². The van der Waals surface area contributed by atoms with Gasteiger partial charge in [-0.25, -0.2) is 0 Å². The molecule has 0 heterocycles. The van der Waals surface area contributed by atoms with Crippen LogP contribution in [0.2, 0.25) is 0 Å². The van der Waals surface area contributed by atoms with Gasteiger partial charge in [0.2, 0.25) is 0 Å². The van der Waals surface area contributed by atoms with Crippen LogP contribution in [-0.4, -0.2) is 32.7 Å². The maximum Gasteiger partial charge on any atom is 0.147 e. The van der Waals surface area contributed by atoms with Gasteiger partial charge in [-0.15, -0.1) is 0 Å².